The summed E-state index contributed by atoms with van der Waals surface area (Å²) < 4.78 is 43.0. The van der Waals surface area contributed by atoms with Crippen molar-refractivity contribution in [2.75, 3.05) is 20.3 Å². The Morgan fingerprint density at radius 1 is 1.40 bits per heavy atom. The molecule has 0 aromatic heterocycles. The lowest BCUT2D eigenvalue weighted by molar-refractivity contribution is -0.138. The SMILES string of the molecule is COCCNC(=O)C(N)c1ccccc1C(F)(F)F.Cl. The first-order chi connectivity index (χ1) is 8.88. The van der Waals surface area contributed by atoms with E-state index in [0.717, 1.165) is 6.07 Å². The minimum atomic E-state index is -4.54. The van der Waals surface area contributed by atoms with Gasteiger partial charge in [-0.1, -0.05) is 18.2 Å². The molecule has 0 bridgehead atoms. The zero-order valence-corrected chi connectivity index (χ0v) is 11.6. The van der Waals surface area contributed by atoms with Crippen LogP contribution in [0.2, 0.25) is 0 Å². The van der Waals surface area contributed by atoms with E-state index in [1.165, 1.54) is 25.3 Å². The van der Waals surface area contributed by atoms with Crippen molar-refractivity contribution in [1.82, 2.24) is 5.32 Å². The number of carbonyl (C=O) groups excluding carboxylic acids is 1. The molecule has 1 unspecified atom stereocenters. The van der Waals surface area contributed by atoms with Crippen LogP contribution in [-0.2, 0) is 15.7 Å². The van der Waals surface area contributed by atoms with Crippen molar-refractivity contribution in [2.45, 2.75) is 12.2 Å². The fourth-order valence-corrected chi connectivity index (χ4v) is 1.55. The van der Waals surface area contributed by atoms with Gasteiger partial charge in [-0.15, -0.1) is 12.4 Å². The number of benzene rings is 1. The van der Waals surface area contributed by atoms with Crippen molar-refractivity contribution in [3.63, 3.8) is 0 Å². The van der Waals surface area contributed by atoms with E-state index in [4.69, 9.17) is 10.5 Å². The van der Waals surface area contributed by atoms with E-state index in [0.29, 0.717) is 0 Å². The summed E-state index contributed by atoms with van der Waals surface area (Å²) in [6, 6.07) is 3.39. The number of amides is 1. The molecule has 4 nitrogen and oxygen atoms in total. The fraction of sp³-hybridized carbons (Fsp3) is 0.417. The summed E-state index contributed by atoms with van der Waals surface area (Å²) in [4.78, 5) is 11.6. The van der Waals surface area contributed by atoms with Crippen LogP contribution in [0, 0.1) is 0 Å². The minimum Gasteiger partial charge on any atom is -0.383 e. The van der Waals surface area contributed by atoms with Crippen molar-refractivity contribution in [3.8, 4) is 0 Å². The van der Waals surface area contributed by atoms with Crippen LogP contribution in [0.15, 0.2) is 24.3 Å². The van der Waals surface area contributed by atoms with Gasteiger partial charge >= 0.3 is 6.18 Å². The summed E-state index contributed by atoms with van der Waals surface area (Å²) >= 11 is 0. The predicted octanol–water partition coefficient (Wildman–Crippen LogP) is 1.89. The molecule has 8 heteroatoms. The van der Waals surface area contributed by atoms with Gasteiger partial charge < -0.3 is 15.8 Å². The molecule has 0 saturated heterocycles. The van der Waals surface area contributed by atoms with Crippen LogP contribution in [0.4, 0.5) is 13.2 Å². The van der Waals surface area contributed by atoms with Crippen molar-refractivity contribution in [2.24, 2.45) is 5.73 Å². The number of nitrogens with one attached hydrogen (secondary N) is 1. The molecule has 0 radical (unpaired) electrons. The van der Waals surface area contributed by atoms with E-state index in [1.807, 2.05) is 0 Å². The number of halogens is 4. The highest BCUT2D eigenvalue weighted by atomic mass is 35.5. The number of hydrogen-bond acceptors (Lipinski definition) is 3. The molecule has 0 aliphatic carbocycles. The number of ether oxygens (including phenoxy) is 1. The quantitative estimate of drug-likeness (QED) is 0.816. The maximum atomic E-state index is 12.8. The minimum absolute atomic E-state index is 0. The monoisotopic (exact) mass is 312 g/mol. The Labute approximate surface area is 120 Å². The largest absolute Gasteiger partial charge is 0.416 e. The van der Waals surface area contributed by atoms with Crippen molar-refractivity contribution in [1.29, 1.82) is 0 Å². The van der Waals surface area contributed by atoms with E-state index in [-0.39, 0.29) is 31.1 Å². The van der Waals surface area contributed by atoms with Crippen molar-refractivity contribution < 1.29 is 22.7 Å². The van der Waals surface area contributed by atoms with E-state index in [1.54, 1.807) is 0 Å². The second-order valence-electron chi connectivity index (χ2n) is 3.85. The summed E-state index contributed by atoms with van der Waals surface area (Å²) in [5, 5.41) is 2.40. The third-order valence-corrected chi connectivity index (χ3v) is 2.49. The molecule has 3 N–H and O–H groups in total. The first-order valence-electron chi connectivity index (χ1n) is 5.56. The van der Waals surface area contributed by atoms with Gasteiger partial charge in [-0.25, -0.2) is 0 Å². The van der Waals surface area contributed by atoms with Gasteiger partial charge in [-0.05, 0) is 11.6 Å². The van der Waals surface area contributed by atoms with Crippen molar-refractivity contribution in [3.05, 3.63) is 35.4 Å². The number of rotatable bonds is 5. The van der Waals surface area contributed by atoms with Crippen LogP contribution < -0.4 is 11.1 Å². The fourth-order valence-electron chi connectivity index (χ4n) is 1.55. The lowest BCUT2D eigenvalue weighted by Crippen LogP contribution is -2.36. The third-order valence-electron chi connectivity index (χ3n) is 2.49. The average molecular weight is 313 g/mol. The summed E-state index contributed by atoms with van der Waals surface area (Å²) in [7, 11) is 1.45. The smallest absolute Gasteiger partial charge is 0.383 e. The molecular formula is C12H16ClF3N2O2. The molecule has 0 saturated carbocycles. The molecule has 0 spiro atoms. The Kier molecular flexibility index (Phi) is 7.55. The Hall–Kier alpha value is -1.31. The number of alkyl halides is 3. The third kappa shape index (κ3) is 4.99. The molecule has 0 aliphatic rings. The Bertz CT molecular complexity index is 441. The summed E-state index contributed by atoms with van der Waals surface area (Å²) in [5.41, 5.74) is 4.42. The number of nitrogens with two attached hydrogens (primary N) is 1. The van der Waals surface area contributed by atoms with Gasteiger partial charge in [0, 0.05) is 13.7 Å². The van der Waals surface area contributed by atoms with Gasteiger partial charge in [-0.3, -0.25) is 4.79 Å². The van der Waals surface area contributed by atoms with Crippen LogP contribution in [0.3, 0.4) is 0 Å². The summed E-state index contributed by atoms with van der Waals surface area (Å²) in [5.74, 6) is -0.672. The molecule has 1 amide bonds. The highest BCUT2D eigenvalue weighted by Gasteiger charge is 2.35. The molecule has 0 heterocycles. The molecule has 1 aromatic carbocycles. The maximum Gasteiger partial charge on any atom is 0.416 e. The maximum absolute atomic E-state index is 12.8. The average Bonchev–Trinajstić information content (AvgIpc) is 2.37. The summed E-state index contributed by atoms with van der Waals surface area (Å²) in [6.45, 7) is 0.455. The highest BCUT2D eigenvalue weighted by molar-refractivity contribution is 5.85. The second-order valence-corrected chi connectivity index (χ2v) is 3.85. The Balaban J connectivity index is 0.00000361. The van der Waals surface area contributed by atoms with Crippen LogP contribution >= 0.6 is 12.4 Å². The lowest BCUT2D eigenvalue weighted by atomic mass is 10.00. The van der Waals surface area contributed by atoms with Gasteiger partial charge in [0.25, 0.3) is 0 Å². The first kappa shape index (κ1) is 18.7. The number of methoxy groups -OCH3 is 1. The molecule has 1 rings (SSSR count). The van der Waals surface area contributed by atoms with Gasteiger partial charge in [-0.2, -0.15) is 13.2 Å². The molecular weight excluding hydrogens is 297 g/mol. The molecule has 20 heavy (non-hydrogen) atoms. The lowest BCUT2D eigenvalue weighted by Gasteiger charge is -2.17. The van der Waals surface area contributed by atoms with Crippen molar-refractivity contribution >= 4 is 18.3 Å². The van der Waals surface area contributed by atoms with E-state index in [9.17, 15) is 18.0 Å². The number of carbonyl (C=O) groups is 1. The second kappa shape index (κ2) is 8.08. The standard InChI is InChI=1S/C12H15F3N2O2.ClH/c1-19-7-6-17-11(18)10(16)8-4-2-3-5-9(8)12(13,14)15;/h2-5,10H,6-7,16H2,1H3,(H,17,18);1H. The van der Waals surface area contributed by atoms with Crippen LogP contribution in [0.5, 0.6) is 0 Å². The molecule has 114 valence electrons. The molecule has 1 atom stereocenters. The summed E-state index contributed by atoms with van der Waals surface area (Å²) in [6.07, 6.45) is -4.54. The first-order valence-corrected chi connectivity index (χ1v) is 5.56. The molecule has 0 fully saturated rings. The van der Waals surface area contributed by atoms with E-state index < -0.39 is 23.7 Å². The highest BCUT2D eigenvalue weighted by Crippen LogP contribution is 2.33. The number of hydrogen-bond donors (Lipinski definition) is 2. The van der Waals surface area contributed by atoms with Gasteiger partial charge in [0.1, 0.15) is 6.04 Å². The predicted molar refractivity (Wildman–Crippen MR) is 70.5 cm³/mol. The van der Waals surface area contributed by atoms with Crippen LogP contribution in [-0.4, -0.2) is 26.2 Å². The van der Waals surface area contributed by atoms with E-state index >= 15 is 0 Å². The van der Waals surface area contributed by atoms with Gasteiger partial charge in [0.2, 0.25) is 5.91 Å². The van der Waals surface area contributed by atoms with E-state index in [2.05, 4.69) is 5.32 Å². The Morgan fingerprint density at radius 2 is 2.00 bits per heavy atom. The molecule has 1 aromatic rings. The molecule has 0 aliphatic heterocycles. The normalized spacial score (nSPS) is 12.4. The Morgan fingerprint density at radius 3 is 2.55 bits per heavy atom. The van der Waals surface area contributed by atoms with Gasteiger partial charge in [0.05, 0.1) is 12.2 Å². The van der Waals surface area contributed by atoms with Crippen LogP contribution in [0.25, 0.3) is 0 Å². The van der Waals surface area contributed by atoms with Crippen LogP contribution in [0.1, 0.15) is 17.2 Å². The van der Waals surface area contributed by atoms with Gasteiger partial charge in [0.15, 0.2) is 0 Å². The zero-order valence-electron chi connectivity index (χ0n) is 10.7. The topological polar surface area (TPSA) is 64.3 Å². The zero-order chi connectivity index (χ0) is 14.5.